The van der Waals surface area contributed by atoms with Crippen molar-refractivity contribution in [1.29, 1.82) is 0 Å². The van der Waals surface area contributed by atoms with Crippen LogP contribution in [0.4, 0.5) is 11.4 Å². The van der Waals surface area contributed by atoms with Gasteiger partial charge in [0.2, 0.25) is 5.91 Å². The van der Waals surface area contributed by atoms with E-state index in [1.54, 1.807) is 24.3 Å². The molecule has 3 aromatic rings. The summed E-state index contributed by atoms with van der Waals surface area (Å²) in [5, 5.41) is 8.88. The number of carbonyl (C=O) groups is 2. The lowest BCUT2D eigenvalue weighted by molar-refractivity contribution is -0.114. The van der Waals surface area contributed by atoms with E-state index >= 15 is 0 Å². The van der Waals surface area contributed by atoms with Gasteiger partial charge in [-0.2, -0.15) is 0 Å². The summed E-state index contributed by atoms with van der Waals surface area (Å²) < 4.78 is 0. The first-order valence-electron chi connectivity index (χ1n) is 9.57. The summed E-state index contributed by atoms with van der Waals surface area (Å²) in [7, 11) is 0. The zero-order valence-corrected chi connectivity index (χ0v) is 16.6. The van der Waals surface area contributed by atoms with E-state index in [4.69, 9.17) is 0 Å². The van der Waals surface area contributed by atoms with E-state index < -0.39 is 0 Å². The third-order valence-electron chi connectivity index (χ3n) is 4.58. The number of carbonyl (C=O) groups excluding carboxylic acids is 2. The molecule has 29 heavy (non-hydrogen) atoms. The Kier molecular flexibility index (Phi) is 6.63. The van der Waals surface area contributed by atoms with Gasteiger partial charge in [-0.05, 0) is 55.8 Å². The molecular formula is C24H25N3O2. The summed E-state index contributed by atoms with van der Waals surface area (Å²) >= 11 is 0. The average Bonchev–Trinajstić information content (AvgIpc) is 2.74. The molecule has 3 N–H and O–H groups in total. The zero-order valence-electron chi connectivity index (χ0n) is 16.6. The second-order valence-electron chi connectivity index (χ2n) is 6.95. The molecule has 5 nitrogen and oxygen atoms in total. The highest BCUT2D eigenvalue weighted by molar-refractivity contribution is 5.96. The molecule has 0 saturated carbocycles. The number of hydrogen-bond acceptors (Lipinski definition) is 3. The van der Waals surface area contributed by atoms with Gasteiger partial charge in [0.15, 0.2) is 0 Å². The van der Waals surface area contributed by atoms with Crippen molar-refractivity contribution in [1.82, 2.24) is 5.32 Å². The van der Waals surface area contributed by atoms with Gasteiger partial charge in [-0.15, -0.1) is 0 Å². The van der Waals surface area contributed by atoms with Crippen molar-refractivity contribution in [2.45, 2.75) is 19.9 Å². The normalized spacial score (nSPS) is 11.4. The lowest BCUT2D eigenvalue weighted by atomic mass is 10.1. The predicted molar refractivity (Wildman–Crippen MR) is 117 cm³/mol. The van der Waals surface area contributed by atoms with Crippen LogP contribution >= 0.6 is 0 Å². The van der Waals surface area contributed by atoms with E-state index in [0.717, 1.165) is 11.3 Å². The van der Waals surface area contributed by atoms with Gasteiger partial charge in [-0.25, -0.2) is 0 Å². The van der Waals surface area contributed by atoms with E-state index in [9.17, 15) is 9.59 Å². The standard InChI is InChI=1S/C24H25N3O2/c1-17-8-12-21(13-9-17)25-16-23(28)27-22-14-10-20(11-15-22)24(29)26-18(2)19-6-4-3-5-7-19/h3-15,18,25H,16H2,1-2H3,(H,26,29)(H,27,28). The fourth-order valence-electron chi connectivity index (χ4n) is 2.87. The maximum Gasteiger partial charge on any atom is 0.251 e. The van der Waals surface area contributed by atoms with Gasteiger partial charge in [0.25, 0.3) is 5.91 Å². The topological polar surface area (TPSA) is 70.2 Å². The van der Waals surface area contributed by atoms with Gasteiger partial charge in [0.1, 0.15) is 0 Å². The summed E-state index contributed by atoms with van der Waals surface area (Å²) in [4.78, 5) is 24.6. The van der Waals surface area contributed by atoms with Crippen LogP contribution in [-0.2, 0) is 4.79 Å². The van der Waals surface area contributed by atoms with Gasteiger partial charge in [-0.3, -0.25) is 9.59 Å². The second kappa shape index (κ2) is 9.55. The van der Waals surface area contributed by atoms with Crippen LogP contribution in [0.25, 0.3) is 0 Å². The number of hydrogen-bond donors (Lipinski definition) is 3. The molecule has 1 atom stereocenters. The number of amides is 2. The molecule has 0 spiro atoms. The first kappa shape index (κ1) is 20.1. The highest BCUT2D eigenvalue weighted by atomic mass is 16.2. The molecule has 2 amide bonds. The lowest BCUT2D eigenvalue weighted by Gasteiger charge is -2.14. The Hall–Kier alpha value is -3.60. The molecule has 0 fully saturated rings. The molecule has 3 aromatic carbocycles. The molecule has 1 unspecified atom stereocenters. The maximum atomic E-state index is 12.4. The highest BCUT2D eigenvalue weighted by Crippen LogP contribution is 2.14. The first-order chi connectivity index (χ1) is 14.0. The Morgan fingerprint density at radius 3 is 2.10 bits per heavy atom. The Morgan fingerprint density at radius 1 is 0.828 bits per heavy atom. The van der Waals surface area contributed by atoms with Gasteiger partial charge in [0.05, 0.1) is 12.6 Å². The van der Waals surface area contributed by atoms with Crippen molar-refractivity contribution in [2.24, 2.45) is 0 Å². The van der Waals surface area contributed by atoms with E-state index in [2.05, 4.69) is 16.0 Å². The van der Waals surface area contributed by atoms with Crippen molar-refractivity contribution in [3.8, 4) is 0 Å². The SMILES string of the molecule is Cc1ccc(NCC(=O)Nc2ccc(C(=O)NC(C)c3ccccc3)cc2)cc1. The molecule has 0 aliphatic rings. The third kappa shape index (κ3) is 5.94. The molecule has 0 aliphatic heterocycles. The fourth-order valence-corrected chi connectivity index (χ4v) is 2.87. The summed E-state index contributed by atoms with van der Waals surface area (Å²) in [5.74, 6) is -0.305. The van der Waals surface area contributed by atoms with Crippen molar-refractivity contribution in [2.75, 3.05) is 17.2 Å². The van der Waals surface area contributed by atoms with Gasteiger partial charge in [-0.1, -0.05) is 48.0 Å². The average molecular weight is 387 g/mol. The van der Waals surface area contributed by atoms with Gasteiger partial charge >= 0.3 is 0 Å². The van der Waals surface area contributed by atoms with Crippen LogP contribution in [0.15, 0.2) is 78.9 Å². The number of benzene rings is 3. The number of anilines is 2. The minimum Gasteiger partial charge on any atom is -0.376 e. The van der Waals surface area contributed by atoms with Gasteiger partial charge in [0, 0.05) is 16.9 Å². The van der Waals surface area contributed by atoms with Crippen LogP contribution in [0.3, 0.4) is 0 Å². The zero-order chi connectivity index (χ0) is 20.6. The smallest absolute Gasteiger partial charge is 0.251 e. The van der Waals surface area contributed by atoms with E-state index in [1.807, 2.05) is 68.4 Å². The Labute approximate surface area is 171 Å². The first-order valence-corrected chi connectivity index (χ1v) is 9.57. The number of aryl methyl sites for hydroxylation is 1. The Balaban J connectivity index is 1.50. The van der Waals surface area contributed by atoms with Crippen LogP contribution in [0.5, 0.6) is 0 Å². The predicted octanol–water partition coefficient (Wildman–Crippen LogP) is 4.54. The van der Waals surface area contributed by atoms with Crippen molar-refractivity contribution >= 4 is 23.2 Å². The Bertz CT molecular complexity index is 952. The minimum absolute atomic E-state index is 0.0871. The quantitative estimate of drug-likeness (QED) is 0.558. The molecule has 5 heteroatoms. The third-order valence-corrected chi connectivity index (χ3v) is 4.58. The molecule has 0 aliphatic carbocycles. The molecule has 3 rings (SSSR count). The summed E-state index contributed by atoms with van der Waals surface area (Å²) in [6.45, 7) is 4.13. The van der Waals surface area contributed by atoms with Crippen LogP contribution in [0.1, 0.15) is 34.5 Å². The van der Waals surface area contributed by atoms with E-state index in [-0.39, 0.29) is 24.4 Å². The maximum absolute atomic E-state index is 12.4. The van der Waals surface area contributed by atoms with Crippen molar-refractivity contribution < 1.29 is 9.59 Å². The molecule has 148 valence electrons. The summed E-state index contributed by atoms with van der Waals surface area (Å²) in [6, 6.07) is 24.4. The Morgan fingerprint density at radius 2 is 1.45 bits per heavy atom. The molecule has 0 radical (unpaired) electrons. The molecule has 0 aromatic heterocycles. The van der Waals surface area contributed by atoms with E-state index in [0.29, 0.717) is 11.3 Å². The van der Waals surface area contributed by atoms with E-state index in [1.165, 1.54) is 5.56 Å². The van der Waals surface area contributed by atoms with Crippen molar-refractivity contribution in [3.05, 3.63) is 95.6 Å². The van der Waals surface area contributed by atoms with Crippen LogP contribution in [0.2, 0.25) is 0 Å². The monoisotopic (exact) mass is 387 g/mol. The molecule has 0 heterocycles. The number of rotatable bonds is 7. The number of nitrogens with one attached hydrogen (secondary N) is 3. The fraction of sp³-hybridized carbons (Fsp3) is 0.167. The van der Waals surface area contributed by atoms with Crippen molar-refractivity contribution in [3.63, 3.8) is 0 Å². The van der Waals surface area contributed by atoms with Gasteiger partial charge < -0.3 is 16.0 Å². The van der Waals surface area contributed by atoms with Crippen LogP contribution < -0.4 is 16.0 Å². The highest BCUT2D eigenvalue weighted by Gasteiger charge is 2.11. The molecule has 0 bridgehead atoms. The molecular weight excluding hydrogens is 362 g/mol. The second-order valence-corrected chi connectivity index (χ2v) is 6.95. The van der Waals surface area contributed by atoms with Crippen LogP contribution in [0, 0.1) is 6.92 Å². The largest absolute Gasteiger partial charge is 0.376 e. The minimum atomic E-state index is -0.153. The molecule has 0 saturated heterocycles. The lowest BCUT2D eigenvalue weighted by Crippen LogP contribution is -2.26. The summed E-state index contributed by atoms with van der Waals surface area (Å²) in [6.07, 6.45) is 0. The van der Waals surface area contributed by atoms with Crippen LogP contribution in [-0.4, -0.2) is 18.4 Å². The summed E-state index contributed by atoms with van der Waals surface area (Å²) in [5.41, 5.74) is 4.30.